The number of hydrogen-bond acceptors (Lipinski definition) is 6. The van der Waals surface area contributed by atoms with Gasteiger partial charge in [-0.05, 0) is 80.1 Å². The van der Waals surface area contributed by atoms with Crippen LogP contribution in [0.2, 0.25) is 0 Å². The van der Waals surface area contributed by atoms with Gasteiger partial charge in [0.15, 0.2) is 0 Å². The number of carbonyl (C=O) groups excluding carboxylic acids is 2. The van der Waals surface area contributed by atoms with Gasteiger partial charge in [0, 0.05) is 12.1 Å². The van der Waals surface area contributed by atoms with Crippen molar-refractivity contribution < 1.29 is 38.9 Å². The van der Waals surface area contributed by atoms with Gasteiger partial charge in [0.25, 0.3) is 0 Å². The molecule has 0 spiro atoms. The smallest absolute Gasteiger partial charge is 0.407 e. The molecule has 0 heterocycles. The molecule has 4 N–H and O–H groups in total. The van der Waals surface area contributed by atoms with E-state index in [0.29, 0.717) is 38.5 Å². The van der Waals surface area contributed by atoms with E-state index in [2.05, 4.69) is 10.6 Å². The summed E-state index contributed by atoms with van der Waals surface area (Å²) in [6.07, 6.45) is 2.70. The maximum Gasteiger partial charge on any atom is 0.407 e. The summed E-state index contributed by atoms with van der Waals surface area (Å²) in [6.45, 7) is 10.8. The van der Waals surface area contributed by atoms with Gasteiger partial charge in [0.1, 0.15) is 11.2 Å². The first-order valence-corrected chi connectivity index (χ1v) is 11.0. The van der Waals surface area contributed by atoms with Crippen molar-refractivity contribution in [2.45, 2.75) is 103 Å². The summed E-state index contributed by atoms with van der Waals surface area (Å²) >= 11 is 0. The average Bonchev–Trinajstić information content (AvgIpc) is 3.21. The first-order valence-electron chi connectivity index (χ1n) is 11.0. The molecular formula is C22H38N2O8. The second kappa shape index (κ2) is 11.4. The monoisotopic (exact) mass is 458 g/mol. The van der Waals surface area contributed by atoms with Crippen LogP contribution in [0.1, 0.15) is 80.1 Å². The van der Waals surface area contributed by atoms with Crippen molar-refractivity contribution in [3.8, 4) is 0 Å². The lowest BCUT2D eigenvalue weighted by Crippen LogP contribution is -2.38. The van der Waals surface area contributed by atoms with Crippen LogP contribution in [0.4, 0.5) is 9.59 Å². The summed E-state index contributed by atoms with van der Waals surface area (Å²) < 4.78 is 10.2. The minimum atomic E-state index is -0.784. The van der Waals surface area contributed by atoms with Gasteiger partial charge in [-0.2, -0.15) is 0 Å². The second-order valence-corrected chi connectivity index (χ2v) is 10.4. The summed E-state index contributed by atoms with van der Waals surface area (Å²) in [4.78, 5) is 44.3. The van der Waals surface area contributed by atoms with Crippen LogP contribution < -0.4 is 10.6 Å². The van der Waals surface area contributed by atoms with Gasteiger partial charge in [-0.1, -0.05) is 0 Å². The van der Waals surface area contributed by atoms with Gasteiger partial charge in [0.2, 0.25) is 0 Å². The van der Waals surface area contributed by atoms with Crippen LogP contribution in [0.15, 0.2) is 0 Å². The summed E-state index contributed by atoms with van der Waals surface area (Å²) in [5.74, 6) is -2.23. The summed E-state index contributed by atoms with van der Waals surface area (Å²) in [5.41, 5.74) is -1.04. The quantitative estimate of drug-likeness (QED) is 0.499. The van der Waals surface area contributed by atoms with Crippen molar-refractivity contribution in [2.24, 2.45) is 11.8 Å². The van der Waals surface area contributed by atoms with E-state index in [9.17, 15) is 19.2 Å². The van der Waals surface area contributed by atoms with Gasteiger partial charge >= 0.3 is 24.1 Å². The van der Waals surface area contributed by atoms with E-state index in [-0.39, 0.29) is 23.9 Å². The number of amides is 2. The molecule has 0 bridgehead atoms. The molecule has 0 radical (unpaired) electrons. The van der Waals surface area contributed by atoms with Gasteiger partial charge in [0.05, 0.1) is 11.8 Å². The standard InChI is InChI=1S/2C11H19NO4/c2*1-11(2,3)16-10(15)12-8-5-4-7(6-8)9(13)14/h2*7-8H,4-6H2,1-3H3,(H,12,15)(H,13,14)/t2*7-,8-/m10/s1. The molecule has 32 heavy (non-hydrogen) atoms. The molecule has 10 nitrogen and oxygen atoms in total. The van der Waals surface area contributed by atoms with Crippen LogP contribution in [0.25, 0.3) is 0 Å². The number of aliphatic carboxylic acids is 2. The van der Waals surface area contributed by atoms with Gasteiger partial charge in [-0.25, -0.2) is 9.59 Å². The van der Waals surface area contributed by atoms with Crippen molar-refractivity contribution in [1.29, 1.82) is 0 Å². The molecule has 0 aliphatic heterocycles. The lowest BCUT2D eigenvalue weighted by atomic mass is 10.1. The third-order valence-corrected chi connectivity index (χ3v) is 5.01. The largest absolute Gasteiger partial charge is 0.481 e. The number of carboxylic acids is 2. The molecule has 2 rings (SSSR count). The van der Waals surface area contributed by atoms with Crippen LogP contribution in [-0.4, -0.2) is 57.6 Å². The van der Waals surface area contributed by atoms with Crippen LogP contribution in [0.3, 0.4) is 0 Å². The Bertz CT molecular complexity index is 622. The zero-order valence-electron chi connectivity index (χ0n) is 19.9. The molecule has 2 amide bonds. The number of ether oxygens (including phenoxy) is 2. The first-order chi connectivity index (χ1) is 14.6. The molecule has 4 atom stereocenters. The van der Waals surface area contributed by atoms with Gasteiger partial charge in [-0.15, -0.1) is 0 Å². The van der Waals surface area contributed by atoms with Crippen molar-refractivity contribution in [1.82, 2.24) is 10.6 Å². The lowest BCUT2D eigenvalue weighted by molar-refractivity contribution is -0.142. The normalized spacial score (nSPS) is 25.2. The van der Waals surface area contributed by atoms with Crippen LogP contribution >= 0.6 is 0 Å². The van der Waals surface area contributed by atoms with Gasteiger partial charge in [-0.3, -0.25) is 9.59 Å². The molecule has 0 aromatic heterocycles. The van der Waals surface area contributed by atoms with E-state index in [1.807, 2.05) is 0 Å². The minimum absolute atomic E-state index is 0.0732. The molecule has 0 aromatic rings. The van der Waals surface area contributed by atoms with Crippen molar-refractivity contribution in [2.75, 3.05) is 0 Å². The van der Waals surface area contributed by atoms with E-state index in [4.69, 9.17) is 19.7 Å². The highest BCUT2D eigenvalue weighted by molar-refractivity contribution is 5.72. The zero-order valence-corrected chi connectivity index (χ0v) is 19.9. The van der Waals surface area contributed by atoms with E-state index >= 15 is 0 Å². The third-order valence-electron chi connectivity index (χ3n) is 5.01. The molecule has 2 fully saturated rings. The Morgan fingerprint density at radius 2 is 0.969 bits per heavy atom. The highest BCUT2D eigenvalue weighted by Gasteiger charge is 2.32. The lowest BCUT2D eigenvalue weighted by Gasteiger charge is -2.21. The molecule has 2 aliphatic carbocycles. The second-order valence-electron chi connectivity index (χ2n) is 10.4. The maximum absolute atomic E-state index is 11.4. The number of nitrogens with one attached hydrogen (secondary N) is 2. The average molecular weight is 459 g/mol. The van der Waals surface area contributed by atoms with Crippen molar-refractivity contribution in [3.63, 3.8) is 0 Å². The fourth-order valence-corrected chi connectivity index (χ4v) is 3.62. The van der Waals surface area contributed by atoms with E-state index in [0.717, 1.165) is 0 Å². The molecule has 10 heteroatoms. The molecule has 2 saturated carbocycles. The Morgan fingerprint density at radius 3 is 1.19 bits per heavy atom. The fraction of sp³-hybridized carbons (Fsp3) is 0.818. The highest BCUT2D eigenvalue weighted by atomic mass is 16.6. The Morgan fingerprint density at radius 1 is 0.656 bits per heavy atom. The Balaban J connectivity index is 0.000000320. The third kappa shape index (κ3) is 11.2. The Hall–Kier alpha value is -2.52. The summed E-state index contributed by atoms with van der Waals surface area (Å²) in [7, 11) is 0. The van der Waals surface area contributed by atoms with E-state index < -0.39 is 35.3 Å². The summed E-state index contributed by atoms with van der Waals surface area (Å²) in [5, 5.41) is 23.0. The van der Waals surface area contributed by atoms with Crippen molar-refractivity contribution >= 4 is 24.1 Å². The van der Waals surface area contributed by atoms with Crippen LogP contribution in [0, 0.1) is 11.8 Å². The van der Waals surface area contributed by atoms with E-state index in [1.54, 1.807) is 41.5 Å². The topological polar surface area (TPSA) is 151 Å². The SMILES string of the molecule is CC(C)(C)OC(=O)N[C@@H]1CC[C@@H](C(=O)O)C1.CC(C)(C)OC(=O)N[C@H]1CC[C@H](C(=O)O)C1. The number of rotatable bonds is 4. The fourth-order valence-electron chi connectivity index (χ4n) is 3.62. The number of alkyl carbamates (subject to hydrolysis) is 2. The Kier molecular flexibility index (Phi) is 9.78. The van der Waals surface area contributed by atoms with Crippen molar-refractivity contribution in [3.05, 3.63) is 0 Å². The predicted octanol–water partition coefficient (Wildman–Crippen LogP) is 3.53. The Labute approximate surface area is 189 Å². The first kappa shape index (κ1) is 27.5. The zero-order chi connectivity index (χ0) is 24.7. The molecule has 184 valence electrons. The molecule has 0 saturated heterocycles. The molecular weight excluding hydrogens is 420 g/mol. The van der Waals surface area contributed by atoms with Crippen LogP contribution in [-0.2, 0) is 19.1 Å². The molecule has 0 unspecified atom stereocenters. The maximum atomic E-state index is 11.4. The van der Waals surface area contributed by atoms with Gasteiger partial charge < -0.3 is 30.3 Å². The van der Waals surface area contributed by atoms with E-state index in [1.165, 1.54) is 0 Å². The summed E-state index contributed by atoms with van der Waals surface area (Å²) in [6, 6.07) is -0.146. The highest BCUT2D eigenvalue weighted by Crippen LogP contribution is 2.26. The number of carboxylic acid groups (broad SMARTS) is 2. The minimum Gasteiger partial charge on any atom is -0.481 e. The molecule has 0 aromatic carbocycles. The number of carbonyl (C=O) groups is 4. The number of hydrogen-bond donors (Lipinski definition) is 4. The molecule has 2 aliphatic rings. The predicted molar refractivity (Wildman–Crippen MR) is 116 cm³/mol. The van der Waals surface area contributed by atoms with Crippen LogP contribution in [0.5, 0.6) is 0 Å².